The van der Waals surface area contributed by atoms with Crippen LogP contribution in [0.15, 0.2) is 54.1 Å². The topological polar surface area (TPSA) is 20.3 Å². The van der Waals surface area contributed by atoms with Crippen LogP contribution in [0.5, 0.6) is 0 Å². The highest BCUT2D eigenvalue weighted by Gasteiger charge is 2.45. The molecular weight excluding hydrogens is 327 g/mol. The molecule has 1 aromatic rings. The summed E-state index contributed by atoms with van der Waals surface area (Å²) in [5.41, 5.74) is 0.363. The second-order valence-electron chi connectivity index (χ2n) is 6.87. The Morgan fingerprint density at radius 2 is 1.76 bits per heavy atom. The van der Waals surface area contributed by atoms with Crippen LogP contribution in [0.1, 0.15) is 31.2 Å². The van der Waals surface area contributed by atoms with Gasteiger partial charge in [-0.1, -0.05) is 55.0 Å². The molecule has 5 heteroatoms. The molecular formula is C20H22F3NO. The molecule has 0 radical (unpaired) electrons. The van der Waals surface area contributed by atoms with Crippen molar-refractivity contribution in [1.29, 1.82) is 0 Å². The van der Waals surface area contributed by atoms with E-state index in [1.54, 1.807) is 6.08 Å². The van der Waals surface area contributed by atoms with E-state index in [9.17, 15) is 18.0 Å². The van der Waals surface area contributed by atoms with Gasteiger partial charge in [0.25, 0.3) is 5.78 Å². The fourth-order valence-electron chi connectivity index (χ4n) is 3.87. The average molecular weight is 349 g/mol. The summed E-state index contributed by atoms with van der Waals surface area (Å²) >= 11 is 0. The Labute approximate surface area is 146 Å². The molecule has 1 heterocycles. The number of allylic oxidation sites excluding steroid dienone is 2. The second-order valence-corrected chi connectivity index (χ2v) is 6.87. The van der Waals surface area contributed by atoms with Gasteiger partial charge in [-0.2, -0.15) is 13.2 Å². The molecule has 1 saturated heterocycles. The van der Waals surface area contributed by atoms with Crippen LogP contribution in [-0.2, 0) is 11.2 Å². The number of alkyl halides is 3. The Hall–Kier alpha value is -1.88. The number of hydrogen-bond donors (Lipinski definition) is 0. The monoisotopic (exact) mass is 349 g/mol. The molecule has 1 atom stereocenters. The molecule has 1 fully saturated rings. The normalized spacial score (nSPS) is 24.8. The molecule has 3 rings (SSSR count). The maximum Gasteiger partial charge on any atom is 0.454 e. The number of halogens is 3. The third-order valence-corrected chi connectivity index (χ3v) is 5.09. The van der Waals surface area contributed by atoms with Gasteiger partial charge < -0.3 is 0 Å². The van der Waals surface area contributed by atoms with Crippen LogP contribution in [0.25, 0.3) is 0 Å². The molecule has 1 aliphatic heterocycles. The van der Waals surface area contributed by atoms with Gasteiger partial charge in [0, 0.05) is 11.1 Å². The number of carbonyl (C=O) groups is 1. The third-order valence-electron chi connectivity index (χ3n) is 5.09. The van der Waals surface area contributed by atoms with Gasteiger partial charge in [0.05, 0.1) is 0 Å². The van der Waals surface area contributed by atoms with Crippen LogP contribution in [0.3, 0.4) is 0 Å². The summed E-state index contributed by atoms with van der Waals surface area (Å²) in [6.45, 7) is 1.70. The number of piperidine rings is 1. The highest BCUT2D eigenvalue weighted by molar-refractivity contribution is 6.00. The van der Waals surface area contributed by atoms with Gasteiger partial charge in [0.2, 0.25) is 0 Å². The van der Waals surface area contributed by atoms with Crippen LogP contribution in [-0.4, -0.2) is 35.5 Å². The number of nitrogens with zero attached hydrogens (tertiary/aromatic N) is 1. The summed E-state index contributed by atoms with van der Waals surface area (Å²) in [5, 5.41) is 0. The smallest absolute Gasteiger partial charge is 0.294 e. The third kappa shape index (κ3) is 4.03. The summed E-state index contributed by atoms with van der Waals surface area (Å²) in [7, 11) is 0. The second kappa shape index (κ2) is 7.16. The quantitative estimate of drug-likeness (QED) is 0.799. The van der Waals surface area contributed by atoms with Gasteiger partial charge in [-0.15, -0.1) is 0 Å². The molecule has 2 nitrogen and oxygen atoms in total. The van der Waals surface area contributed by atoms with Crippen molar-refractivity contribution in [1.82, 2.24) is 4.90 Å². The minimum atomic E-state index is -4.82. The molecule has 0 bridgehead atoms. The Kier molecular flexibility index (Phi) is 5.13. The van der Waals surface area contributed by atoms with E-state index in [0.717, 1.165) is 37.9 Å². The first-order valence-electron chi connectivity index (χ1n) is 8.70. The number of likely N-dealkylation sites (tertiary alicyclic amines) is 1. The van der Waals surface area contributed by atoms with Crippen molar-refractivity contribution in [2.24, 2.45) is 0 Å². The van der Waals surface area contributed by atoms with Crippen LogP contribution >= 0.6 is 0 Å². The van der Waals surface area contributed by atoms with E-state index in [1.165, 1.54) is 6.08 Å². The van der Waals surface area contributed by atoms with Crippen molar-refractivity contribution in [3.8, 4) is 0 Å². The lowest BCUT2D eigenvalue weighted by molar-refractivity contribution is -0.167. The molecule has 25 heavy (non-hydrogen) atoms. The van der Waals surface area contributed by atoms with Crippen LogP contribution in [0.2, 0.25) is 0 Å². The van der Waals surface area contributed by atoms with Crippen LogP contribution in [0.4, 0.5) is 13.2 Å². The lowest BCUT2D eigenvalue weighted by atomic mass is 9.78. The van der Waals surface area contributed by atoms with Crippen molar-refractivity contribution < 1.29 is 18.0 Å². The molecule has 1 aliphatic carbocycles. The zero-order valence-corrected chi connectivity index (χ0v) is 14.1. The number of carbonyl (C=O) groups excluding carboxylic acids is 1. The summed E-state index contributed by atoms with van der Waals surface area (Å²) in [5.74, 6) is -1.72. The minimum absolute atomic E-state index is 0.108. The predicted octanol–water partition coefficient (Wildman–Crippen LogP) is 4.47. The molecule has 1 unspecified atom stereocenters. The molecule has 0 saturated carbocycles. The van der Waals surface area contributed by atoms with E-state index in [1.807, 2.05) is 36.4 Å². The molecule has 0 N–H and O–H groups in total. The van der Waals surface area contributed by atoms with Crippen molar-refractivity contribution >= 4 is 5.78 Å². The van der Waals surface area contributed by atoms with Crippen molar-refractivity contribution in [3.05, 3.63) is 59.7 Å². The Balaban J connectivity index is 1.91. The predicted molar refractivity (Wildman–Crippen MR) is 91.2 cm³/mol. The van der Waals surface area contributed by atoms with E-state index in [2.05, 4.69) is 4.90 Å². The average Bonchev–Trinajstić information content (AvgIpc) is 2.62. The van der Waals surface area contributed by atoms with Gasteiger partial charge >= 0.3 is 6.18 Å². The lowest BCUT2D eigenvalue weighted by Gasteiger charge is -2.46. The van der Waals surface area contributed by atoms with Gasteiger partial charge in [0.15, 0.2) is 0 Å². The number of benzene rings is 1. The summed E-state index contributed by atoms with van der Waals surface area (Å²) < 4.78 is 38.8. The summed E-state index contributed by atoms with van der Waals surface area (Å²) in [6.07, 6.45) is 4.04. The van der Waals surface area contributed by atoms with Gasteiger partial charge in [-0.3, -0.25) is 9.69 Å². The standard InChI is InChI=1S/C20H22F3NO/c21-20(22,23)18(25)17-10-7-11-19(15-17,24-12-5-2-6-13-24)14-16-8-3-1-4-9-16/h1,3-4,7-11H,2,5-6,12-15H2. The SMILES string of the molecule is O=C(C1=CC=CC(Cc2ccccc2)(N2CCCCC2)C1)C(F)(F)F. The van der Waals surface area contributed by atoms with Crippen molar-refractivity contribution in [2.45, 2.75) is 43.8 Å². The lowest BCUT2D eigenvalue weighted by Crippen LogP contribution is -2.52. The molecule has 2 aliphatic rings. The Morgan fingerprint density at radius 1 is 1.08 bits per heavy atom. The molecule has 1 aromatic carbocycles. The Morgan fingerprint density at radius 3 is 2.40 bits per heavy atom. The largest absolute Gasteiger partial charge is 0.454 e. The first-order valence-corrected chi connectivity index (χ1v) is 8.70. The van der Waals surface area contributed by atoms with Crippen molar-refractivity contribution in [2.75, 3.05) is 13.1 Å². The fourth-order valence-corrected chi connectivity index (χ4v) is 3.87. The number of rotatable bonds is 4. The molecule has 0 spiro atoms. The van der Waals surface area contributed by atoms with E-state index in [4.69, 9.17) is 0 Å². The van der Waals surface area contributed by atoms with Gasteiger partial charge in [-0.25, -0.2) is 0 Å². The fraction of sp³-hybridized carbons (Fsp3) is 0.450. The highest BCUT2D eigenvalue weighted by atomic mass is 19.4. The van der Waals surface area contributed by atoms with Gasteiger partial charge in [0.1, 0.15) is 0 Å². The number of ketones is 1. The van der Waals surface area contributed by atoms with Crippen LogP contribution < -0.4 is 0 Å². The molecule has 0 aromatic heterocycles. The Bertz CT molecular complexity index is 672. The summed E-state index contributed by atoms with van der Waals surface area (Å²) in [6, 6.07) is 9.77. The molecule has 0 amide bonds. The van der Waals surface area contributed by atoms with E-state index >= 15 is 0 Å². The molecule has 134 valence electrons. The highest BCUT2D eigenvalue weighted by Crippen LogP contribution is 2.37. The number of Topliss-reactive ketones (excluding diaryl/α,β-unsaturated/α-hetero) is 1. The first kappa shape index (κ1) is 17.9. The number of hydrogen-bond acceptors (Lipinski definition) is 2. The minimum Gasteiger partial charge on any atom is -0.294 e. The van der Waals surface area contributed by atoms with E-state index in [0.29, 0.717) is 6.42 Å². The zero-order chi connectivity index (χ0) is 17.9. The zero-order valence-electron chi connectivity index (χ0n) is 14.1. The van der Waals surface area contributed by atoms with Crippen LogP contribution in [0, 0.1) is 0 Å². The maximum absolute atomic E-state index is 12.9. The van der Waals surface area contributed by atoms with Gasteiger partial charge in [-0.05, 0) is 44.3 Å². The first-order chi connectivity index (χ1) is 11.9. The maximum atomic E-state index is 12.9. The summed E-state index contributed by atoms with van der Waals surface area (Å²) in [4.78, 5) is 14.1. The van der Waals surface area contributed by atoms with Crippen molar-refractivity contribution in [3.63, 3.8) is 0 Å². The van der Waals surface area contributed by atoms with E-state index in [-0.39, 0.29) is 12.0 Å². The van der Waals surface area contributed by atoms with E-state index < -0.39 is 17.5 Å².